The van der Waals surface area contributed by atoms with Crippen LogP contribution in [0.4, 0.5) is 10.3 Å². The predicted octanol–water partition coefficient (Wildman–Crippen LogP) is 1.63. The molecular weight excluding hydrogens is 450 g/mol. The summed E-state index contributed by atoms with van der Waals surface area (Å²) in [7, 11) is -7.39. The standard InChI is InChI=1S/C17H23N5O5S3/c1-10-8-11(2)14(12(3)9-10)30(26,27)22-7-5-6-13(22)15(23)18-16-19-20-17(28-16)21-29(4,24)25/h8-9,13H,5-7H2,1-4H3,(H,20,21)(H,18,19,23). The van der Waals surface area contributed by atoms with Gasteiger partial charge < -0.3 is 0 Å². The molecule has 0 bridgehead atoms. The topological polar surface area (TPSA) is 138 Å². The molecule has 1 aromatic heterocycles. The maximum absolute atomic E-state index is 13.4. The van der Waals surface area contributed by atoms with Crippen LogP contribution in [0.1, 0.15) is 29.5 Å². The molecule has 0 saturated carbocycles. The van der Waals surface area contributed by atoms with Crippen molar-refractivity contribution in [1.82, 2.24) is 14.5 Å². The van der Waals surface area contributed by atoms with E-state index >= 15 is 0 Å². The average molecular weight is 474 g/mol. The number of benzene rings is 1. The zero-order valence-corrected chi connectivity index (χ0v) is 19.4. The Hall–Kier alpha value is -2.09. The lowest BCUT2D eigenvalue weighted by atomic mass is 10.1. The fraction of sp³-hybridized carbons (Fsp3) is 0.471. The summed E-state index contributed by atoms with van der Waals surface area (Å²) in [5.41, 5.74) is 2.24. The van der Waals surface area contributed by atoms with Crippen LogP contribution >= 0.6 is 11.3 Å². The van der Waals surface area contributed by atoms with E-state index in [1.807, 2.05) is 19.1 Å². The van der Waals surface area contributed by atoms with E-state index in [2.05, 4.69) is 20.2 Å². The molecule has 30 heavy (non-hydrogen) atoms. The van der Waals surface area contributed by atoms with Gasteiger partial charge in [0, 0.05) is 6.54 Å². The first kappa shape index (κ1) is 22.6. The molecule has 2 N–H and O–H groups in total. The lowest BCUT2D eigenvalue weighted by Crippen LogP contribution is -2.43. The molecule has 1 fully saturated rings. The summed E-state index contributed by atoms with van der Waals surface area (Å²) < 4.78 is 52.7. The highest BCUT2D eigenvalue weighted by atomic mass is 32.2. The van der Waals surface area contributed by atoms with Crippen molar-refractivity contribution in [2.75, 3.05) is 22.8 Å². The largest absolute Gasteiger partial charge is 0.299 e. The monoisotopic (exact) mass is 473 g/mol. The highest BCUT2D eigenvalue weighted by Gasteiger charge is 2.40. The number of rotatable bonds is 6. The molecule has 1 aromatic carbocycles. The molecule has 10 nitrogen and oxygen atoms in total. The van der Waals surface area contributed by atoms with Crippen LogP contribution in [0.25, 0.3) is 0 Å². The number of nitrogens with one attached hydrogen (secondary N) is 2. The van der Waals surface area contributed by atoms with Crippen molar-refractivity contribution in [2.45, 2.75) is 44.6 Å². The summed E-state index contributed by atoms with van der Waals surface area (Å²) >= 11 is 0.846. The number of sulfonamides is 2. The first-order valence-electron chi connectivity index (χ1n) is 9.10. The van der Waals surface area contributed by atoms with E-state index in [1.165, 1.54) is 4.31 Å². The van der Waals surface area contributed by atoms with Crippen molar-refractivity contribution in [3.8, 4) is 0 Å². The number of carbonyl (C=O) groups is 1. The molecule has 1 aliphatic rings. The minimum absolute atomic E-state index is 0.00889. The maximum atomic E-state index is 13.4. The fourth-order valence-corrected chi connectivity index (χ4v) is 7.19. The predicted molar refractivity (Wildman–Crippen MR) is 115 cm³/mol. The van der Waals surface area contributed by atoms with Crippen molar-refractivity contribution in [3.63, 3.8) is 0 Å². The minimum atomic E-state index is -3.87. The molecule has 0 spiro atoms. The minimum Gasteiger partial charge on any atom is -0.299 e. The summed E-state index contributed by atoms with van der Waals surface area (Å²) in [6.07, 6.45) is 1.91. The summed E-state index contributed by atoms with van der Waals surface area (Å²) in [4.78, 5) is 13.0. The zero-order chi connectivity index (χ0) is 22.3. The highest BCUT2D eigenvalue weighted by molar-refractivity contribution is 7.92. The molecule has 1 amide bonds. The fourth-order valence-electron chi connectivity index (χ4n) is 3.64. The van der Waals surface area contributed by atoms with Gasteiger partial charge in [0.05, 0.1) is 11.2 Å². The Kier molecular flexibility index (Phi) is 6.18. The number of hydrogen-bond donors (Lipinski definition) is 2. The first-order valence-corrected chi connectivity index (χ1v) is 13.2. The van der Waals surface area contributed by atoms with E-state index in [4.69, 9.17) is 0 Å². The average Bonchev–Trinajstić information content (AvgIpc) is 3.21. The number of aromatic nitrogens is 2. The Morgan fingerprint density at radius 1 is 1.10 bits per heavy atom. The Morgan fingerprint density at radius 3 is 2.30 bits per heavy atom. The molecular formula is C17H23N5O5S3. The highest BCUT2D eigenvalue weighted by Crippen LogP contribution is 2.31. The van der Waals surface area contributed by atoms with Gasteiger partial charge in [0.25, 0.3) is 0 Å². The van der Waals surface area contributed by atoms with Gasteiger partial charge in [-0.2, -0.15) is 4.31 Å². The number of nitrogens with zero attached hydrogens (tertiary/aromatic N) is 3. The Bertz CT molecular complexity index is 1170. The molecule has 1 aliphatic heterocycles. The Morgan fingerprint density at radius 2 is 1.70 bits per heavy atom. The van der Waals surface area contributed by atoms with Gasteiger partial charge in [-0.15, -0.1) is 10.2 Å². The molecule has 1 saturated heterocycles. The Labute approximate surface area is 179 Å². The van der Waals surface area contributed by atoms with Gasteiger partial charge in [-0.1, -0.05) is 29.0 Å². The molecule has 1 atom stereocenters. The molecule has 0 radical (unpaired) electrons. The first-order chi connectivity index (χ1) is 13.9. The van der Waals surface area contributed by atoms with Crippen molar-refractivity contribution in [3.05, 3.63) is 28.8 Å². The molecule has 2 aromatic rings. The lowest BCUT2D eigenvalue weighted by molar-refractivity contribution is -0.119. The van der Waals surface area contributed by atoms with E-state index in [1.54, 1.807) is 13.8 Å². The van der Waals surface area contributed by atoms with E-state index < -0.39 is 32.0 Å². The van der Waals surface area contributed by atoms with Gasteiger partial charge in [-0.05, 0) is 44.7 Å². The van der Waals surface area contributed by atoms with Gasteiger partial charge in [-0.3, -0.25) is 14.8 Å². The molecule has 1 unspecified atom stereocenters. The quantitative estimate of drug-likeness (QED) is 0.650. The van der Waals surface area contributed by atoms with Gasteiger partial charge in [0.1, 0.15) is 6.04 Å². The van der Waals surface area contributed by atoms with Crippen molar-refractivity contribution < 1.29 is 21.6 Å². The second-order valence-electron chi connectivity index (χ2n) is 7.28. The van der Waals surface area contributed by atoms with Crippen LogP contribution in [0.3, 0.4) is 0 Å². The van der Waals surface area contributed by atoms with Crippen LogP contribution in [0.5, 0.6) is 0 Å². The van der Waals surface area contributed by atoms with Gasteiger partial charge >= 0.3 is 0 Å². The van der Waals surface area contributed by atoms with Gasteiger partial charge in [0.15, 0.2) is 0 Å². The summed E-state index contributed by atoms with van der Waals surface area (Å²) in [6, 6.07) is 2.73. The smallest absolute Gasteiger partial charge is 0.244 e. The van der Waals surface area contributed by atoms with Gasteiger partial charge in [-0.25, -0.2) is 16.8 Å². The summed E-state index contributed by atoms with van der Waals surface area (Å²) in [5, 5.41) is 10.0. The molecule has 13 heteroatoms. The van der Waals surface area contributed by atoms with Crippen LogP contribution < -0.4 is 10.0 Å². The third-order valence-electron chi connectivity index (χ3n) is 4.61. The third kappa shape index (κ3) is 4.79. The number of carbonyl (C=O) groups excluding carboxylic acids is 1. The maximum Gasteiger partial charge on any atom is 0.244 e. The van der Waals surface area contributed by atoms with Crippen LogP contribution in [0.15, 0.2) is 17.0 Å². The SMILES string of the molecule is Cc1cc(C)c(S(=O)(=O)N2CCCC2C(=O)Nc2nnc(NS(C)(=O)=O)s2)c(C)c1. The van der Waals surface area contributed by atoms with Gasteiger partial charge in [0.2, 0.25) is 36.2 Å². The molecule has 3 rings (SSSR count). The molecule has 2 heterocycles. The third-order valence-corrected chi connectivity index (χ3v) is 8.27. The zero-order valence-electron chi connectivity index (χ0n) is 17.0. The van der Waals surface area contributed by atoms with E-state index in [0.717, 1.165) is 23.2 Å². The van der Waals surface area contributed by atoms with E-state index in [9.17, 15) is 21.6 Å². The van der Waals surface area contributed by atoms with Crippen LogP contribution in [-0.4, -0.2) is 56.1 Å². The summed E-state index contributed by atoms with van der Waals surface area (Å²) in [6.45, 7) is 5.63. The number of aryl methyl sites for hydroxylation is 3. The number of anilines is 2. The van der Waals surface area contributed by atoms with Crippen molar-refractivity contribution in [2.24, 2.45) is 0 Å². The Balaban J connectivity index is 1.83. The van der Waals surface area contributed by atoms with Crippen LogP contribution in [0.2, 0.25) is 0 Å². The van der Waals surface area contributed by atoms with Crippen molar-refractivity contribution in [1.29, 1.82) is 0 Å². The lowest BCUT2D eigenvalue weighted by Gasteiger charge is -2.25. The van der Waals surface area contributed by atoms with Crippen LogP contribution in [0, 0.1) is 20.8 Å². The van der Waals surface area contributed by atoms with E-state index in [-0.39, 0.29) is 21.7 Å². The second kappa shape index (κ2) is 8.21. The summed E-state index contributed by atoms with van der Waals surface area (Å²) in [5.74, 6) is -0.527. The van der Waals surface area contributed by atoms with Crippen LogP contribution in [-0.2, 0) is 24.8 Å². The molecule has 164 valence electrons. The van der Waals surface area contributed by atoms with Crippen molar-refractivity contribution >= 4 is 47.6 Å². The molecule has 0 aliphatic carbocycles. The normalized spacial score (nSPS) is 17.8. The second-order valence-corrected chi connectivity index (χ2v) is 11.8. The number of amides is 1. The number of hydrogen-bond acceptors (Lipinski definition) is 8. The van der Waals surface area contributed by atoms with E-state index in [0.29, 0.717) is 24.0 Å².